The zero-order valence-electron chi connectivity index (χ0n) is 13.8. The van der Waals surface area contributed by atoms with E-state index in [1.165, 1.54) is 0 Å². The van der Waals surface area contributed by atoms with Crippen LogP contribution in [0.1, 0.15) is 19.8 Å². The Balaban J connectivity index is 1.56. The second-order valence-corrected chi connectivity index (χ2v) is 6.88. The van der Waals surface area contributed by atoms with Gasteiger partial charge in [0.1, 0.15) is 5.82 Å². The lowest BCUT2D eigenvalue weighted by atomic mass is 10.2. The molecule has 130 valence electrons. The Morgan fingerprint density at radius 1 is 1.48 bits per heavy atom. The summed E-state index contributed by atoms with van der Waals surface area (Å²) in [7, 11) is 0. The number of hydrogen-bond donors (Lipinski definition) is 3. The van der Waals surface area contributed by atoms with Crippen molar-refractivity contribution in [3.05, 3.63) is 23.8 Å². The van der Waals surface area contributed by atoms with Gasteiger partial charge >= 0.3 is 0 Å². The predicted octanol–water partition coefficient (Wildman–Crippen LogP) is 2.58. The highest BCUT2D eigenvalue weighted by Gasteiger charge is 2.26. The van der Waals surface area contributed by atoms with Crippen molar-refractivity contribution in [1.82, 2.24) is 25.1 Å². The van der Waals surface area contributed by atoms with E-state index in [-0.39, 0.29) is 11.9 Å². The monoisotopic (exact) mass is 357 g/mol. The van der Waals surface area contributed by atoms with Gasteiger partial charge in [-0.15, -0.1) is 11.3 Å². The Kier molecular flexibility index (Phi) is 4.22. The summed E-state index contributed by atoms with van der Waals surface area (Å²) >= 11 is 1.61. The zero-order chi connectivity index (χ0) is 17.2. The van der Waals surface area contributed by atoms with Crippen molar-refractivity contribution in [2.75, 3.05) is 23.7 Å². The molecule has 8 nitrogen and oxygen atoms in total. The molecule has 3 aromatic heterocycles. The van der Waals surface area contributed by atoms with Crippen LogP contribution in [0.5, 0.6) is 0 Å². The van der Waals surface area contributed by atoms with Crippen LogP contribution in [0.25, 0.3) is 10.2 Å². The Labute approximate surface area is 148 Å². The molecule has 1 saturated heterocycles. The normalized spacial score (nSPS) is 17.2. The Morgan fingerprint density at radius 2 is 2.40 bits per heavy atom. The highest BCUT2D eigenvalue weighted by atomic mass is 32.1. The van der Waals surface area contributed by atoms with E-state index < -0.39 is 0 Å². The lowest BCUT2D eigenvalue weighted by molar-refractivity contribution is -0.129. The topological polar surface area (TPSA) is 98.8 Å². The predicted molar refractivity (Wildman–Crippen MR) is 98.2 cm³/mol. The summed E-state index contributed by atoms with van der Waals surface area (Å²) in [6.07, 6.45) is 4.90. The molecule has 3 N–H and O–H groups in total. The van der Waals surface area contributed by atoms with Crippen LogP contribution >= 0.6 is 11.3 Å². The molecule has 9 heteroatoms. The minimum Gasteiger partial charge on any atom is -0.364 e. The van der Waals surface area contributed by atoms with Gasteiger partial charge < -0.3 is 15.5 Å². The summed E-state index contributed by atoms with van der Waals surface area (Å²) in [5.41, 5.74) is 1.70. The van der Waals surface area contributed by atoms with E-state index in [2.05, 4.69) is 30.8 Å². The van der Waals surface area contributed by atoms with Gasteiger partial charge in [-0.2, -0.15) is 10.1 Å². The SMILES string of the molecule is CCC(=O)N1CC[C@@H](Nc2nc(Nc3cn[nH]c3)nc3ccsc23)C1. The van der Waals surface area contributed by atoms with Crippen molar-refractivity contribution in [3.8, 4) is 0 Å². The second kappa shape index (κ2) is 6.67. The molecule has 0 radical (unpaired) electrons. The summed E-state index contributed by atoms with van der Waals surface area (Å²) < 4.78 is 1.03. The third-order valence-corrected chi connectivity index (χ3v) is 5.15. The summed E-state index contributed by atoms with van der Waals surface area (Å²) in [6, 6.07) is 2.19. The van der Waals surface area contributed by atoms with E-state index in [4.69, 9.17) is 0 Å². The molecule has 4 rings (SSSR count). The zero-order valence-corrected chi connectivity index (χ0v) is 14.6. The standard InChI is InChI=1S/C16H19N7OS/c1-2-13(24)23-5-3-10(9-23)19-15-14-12(4-6-25-14)21-16(22-15)20-11-7-17-18-8-11/h4,6-8,10H,2-3,5,9H2,1H3,(H,17,18)(H2,19,20,21,22)/t10-/m1/s1. The first-order valence-corrected chi connectivity index (χ1v) is 9.16. The second-order valence-electron chi connectivity index (χ2n) is 5.97. The minimum atomic E-state index is 0.204. The Hall–Kier alpha value is -2.68. The number of aromatic nitrogens is 4. The quantitative estimate of drug-likeness (QED) is 0.649. The molecule has 3 aromatic rings. The first-order chi connectivity index (χ1) is 12.2. The molecule has 1 fully saturated rings. The molecule has 25 heavy (non-hydrogen) atoms. The average Bonchev–Trinajstić information content (AvgIpc) is 3.35. The highest BCUT2D eigenvalue weighted by molar-refractivity contribution is 7.17. The maximum absolute atomic E-state index is 11.9. The fourth-order valence-electron chi connectivity index (χ4n) is 2.99. The largest absolute Gasteiger partial charge is 0.364 e. The molecule has 4 heterocycles. The van der Waals surface area contributed by atoms with Gasteiger partial charge in [-0.1, -0.05) is 6.92 Å². The average molecular weight is 357 g/mol. The van der Waals surface area contributed by atoms with Gasteiger partial charge in [0, 0.05) is 31.7 Å². The number of carbonyl (C=O) groups is 1. The molecule has 0 unspecified atom stereocenters. The van der Waals surface area contributed by atoms with E-state index in [0.29, 0.717) is 18.9 Å². The van der Waals surface area contributed by atoms with Crippen LogP contribution in [-0.4, -0.2) is 50.1 Å². The first-order valence-electron chi connectivity index (χ1n) is 8.28. The number of aromatic amines is 1. The van der Waals surface area contributed by atoms with Crippen LogP contribution in [0.15, 0.2) is 23.8 Å². The number of H-pyrrole nitrogens is 1. The number of hydrogen-bond acceptors (Lipinski definition) is 7. The van der Waals surface area contributed by atoms with Crippen LogP contribution in [-0.2, 0) is 4.79 Å². The minimum absolute atomic E-state index is 0.204. The fourth-order valence-corrected chi connectivity index (χ4v) is 3.77. The third kappa shape index (κ3) is 3.27. The molecule has 0 aromatic carbocycles. The molecule has 0 bridgehead atoms. The van der Waals surface area contributed by atoms with Gasteiger partial charge in [-0.05, 0) is 17.9 Å². The fraction of sp³-hybridized carbons (Fsp3) is 0.375. The molecule has 1 aliphatic heterocycles. The number of nitrogens with zero attached hydrogens (tertiary/aromatic N) is 4. The number of fused-ring (bicyclic) bond motifs is 1. The van der Waals surface area contributed by atoms with Gasteiger partial charge in [-0.3, -0.25) is 9.89 Å². The number of thiophene rings is 1. The molecule has 1 aliphatic rings. The number of anilines is 3. The molecule has 0 aliphatic carbocycles. The third-order valence-electron chi connectivity index (χ3n) is 4.24. The van der Waals surface area contributed by atoms with Crippen LogP contribution < -0.4 is 10.6 Å². The number of likely N-dealkylation sites (tertiary alicyclic amines) is 1. The molecule has 1 atom stereocenters. The van der Waals surface area contributed by atoms with Crippen LogP contribution in [0, 0.1) is 0 Å². The first kappa shape index (κ1) is 15.8. The molecular weight excluding hydrogens is 338 g/mol. The van der Waals surface area contributed by atoms with Crippen molar-refractivity contribution in [1.29, 1.82) is 0 Å². The van der Waals surface area contributed by atoms with E-state index in [9.17, 15) is 4.79 Å². The molecule has 1 amide bonds. The van der Waals surface area contributed by atoms with Gasteiger partial charge in [0.15, 0.2) is 0 Å². The number of amides is 1. The van der Waals surface area contributed by atoms with E-state index in [0.717, 1.165) is 34.7 Å². The lowest BCUT2D eigenvalue weighted by Crippen LogP contribution is -2.31. The smallest absolute Gasteiger partial charge is 0.229 e. The maximum atomic E-state index is 11.9. The van der Waals surface area contributed by atoms with E-state index >= 15 is 0 Å². The number of rotatable bonds is 5. The number of nitrogens with one attached hydrogen (secondary N) is 3. The van der Waals surface area contributed by atoms with Crippen LogP contribution in [0.2, 0.25) is 0 Å². The lowest BCUT2D eigenvalue weighted by Gasteiger charge is -2.17. The van der Waals surface area contributed by atoms with E-state index in [1.54, 1.807) is 23.7 Å². The Bertz CT molecular complexity index is 876. The maximum Gasteiger partial charge on any atom is 0.229 e. The van der Waals surface area contributed by atoms with Gasteiger partial charge in [-0.25, -0.2) is 4.98 Å². The van der Waals surface area contributed by atoms with Gasteiger partial charge in [0.05, 0.1) is 22.1 Å². The molecular formula is C16H19N7OS. The van der Waals surface area contributed by atoms with Gasteiger partial charge in [0.2, 0.25) is 11.9 Å². The highest BCUT2D eigenvalue weighted by Crippen LogP contribution is 2.29. The van der Waals surface area contributed by atoms with Crippen molar-refractivity contribution >= 4 is 44.9 Å². The van der Waals surface area contributed by atoms with Crippen LogP contribution in [0.4, 0.5) is 17.5 Å². The molecule has 0 spiro atoms. The number of carbonyl (C=O) groups excluding carboxylic acids is 1. The Morgan fingerprint density at radius 3 is 3.20 bits per heavy atom. The summed E-state index contributed by atoms with van der Waals surface area (Å²) in [6.45, 7) is 3.41. The summed E-state index contributed by atoms with van der Waals surface area (Å²) in [5.74, 6) is 1.53. The van der Waals surface area contributed by atoms with Crippen LogP contribution in [0.3, 0.4) is 0 Å². The van der Waals surface area contributed by atoms with Crippen molar-refractivity contribution in [2.24, 2.45) is 0 Å². The van der Waals surface area contributed by atoms with Gasteiger partial charge in [0.25, 0.3) is 0 Å². The summed E-state index contributed by atoms with van der Waals surface area (Å²) in [4.78, 5) is 23.0. The molecule has 0 saturated carbocycles. The van der Waals surface area contributed by atoms with Crippen molar-refractivity contribution < 1.29 is 4.79 Å². The van der Waals surface area contributed by atoms with E-state index in [1.807, 2.05) is 23.3 Å². The van der Waals surface area contributed by atoms with Crippen molar-refractivity contribution in [2.45, 2.75) is 25.8 Å². The summed E-state index contributed by atoms with van der Waals surface area (Å²) in [5, 5.41) is 15.3. The van der Waals surface area contributed by atoms with Crippen molar-refractivity contribution in [3.63, 3.8) is 0 Å².